The van der Waals surface area contributed by atoms with Gasteiger partial charge in [0.25, 0.3) is 0 Å². The van der Waals surface area contributed by atoms with Gasteiger partial charge in [0.2, 0.25) is 0 Å². The zero-order valence-corrected chi connectivity index (χ0v) is 11.9. The topological polar surface area (TPSA) is 20.2 Å². The summed E-state index contributed by atoms with van der Waals surface area (Å²) in [6.45, 7) is 1.78. The first-order chi connectivity index (χ1) is 8.99. The highest BCUT2D eigenvalue weighted by atomic mass is 79.9. The lowest BCUT2D eigenvalue weighted by Gasteiger charge is -2.14. The van der Waals surface area contributed by atoms with Crippen LogP contribution in [0.2, 0.25) is 0 Å². The number of aliphatic hydroxyl groups is 1. The normalized spacial score (nSPS) is 12.5. The van der Waals surface area contributed by atoms with Gasteiger partial charge in [-0.1, -0.05) is 24.3 Å². The Kier molecular flexibility index (Phi) is 4.32. The highest BCUT2D eigenvalue weighted by Gasteiger charge is 2.16. The van der Waals surface area contributed by atoms with Crippen molar-refractivity contribution in [1.82, 2.24) is 0 Å². The Bertz CT molecular complexity index is 599. The Labute approximate surface area is 119 Å². The van der Waals surface area contributed by atoms with Gasteiger partial charge in [-0.2, -0.15) is 0 Å². The molecule has 0 aliphatic carbocycles. The molecule has 0 spiro atoms. The van der Waals surface area contributed by atoms with E-state index >= 15 is 0 Å². The lowest BCUT2D eigenvalue weighted by atomic mass is 10.00. The molecule has 0 saturated heterocycles. The second-order valence-electron chi connectivity index (χ2n) is 4.46. The average Bonchev–Trinajstić information content (AvgIpc) is 2.34. The number of aryl methyl sites for hydroxylation is 1. The summed E-state index contributed by atoms with van der Waals surface area (Å²) in [6.07, 6.45) is -0.850. The standard InChI is InChI=1S/C15H13BrF2O/c1-9-5-6-11(13(18)7-9)14(19)8-10-3-2-4-12(17)15(10)16/h2-7,14,19H,8H2,1H3. The lowest BCUT2D eigenvalue weighted by Crippen LogP contribution is -2.05. The van der Waals surface area contributed by atoms with Crippen LogP contribution in [0.25, 0.3) is 0 Å². The van der Waals surface area contributed by atoms with E-state index in [4.69, 9.17) is 0 Å². The maximum Gasteiger partial charge on any atom is 0.137 e. The quantitative estimate of drug-likeness (QED) is 0.891. The van der Waals surface area contributed by atoms with E-state index in [2.05, 4.69) is 15.9 Å². The Hall–Kier alpha value is -1.26. The van der Waals surface area contributed by atoms with Crippen LogP contribution in [-0.4, -0.2) is 5.11 Å². The van der Waals surface area contributed by atoms with E-state index in [0.717, 1.165) is 5.56 Å². The van der Waals surface area contributed by atoms with E-state index in [9.17, 15) is 13.9 Å². The van der Waals surface area contributed by atoms with Crippen LogP contribution in [-0.2, 0) is 6.42 Å². The molecular weight excluding hydrogens is 314 g/mol. The van der Waals surface area contributed by atoms with Crippen molar-refractivity contribution in [2.24, 2.45) is 0 Å². The number of hydrogen-bond donors (Lipinski definition) is 1. The van der Waals surface area contributed by atoms with Gasteiger partial charge >= 0.3 is 0 Å². The second-order valence-corrected chi connectivity index (χ2v) is 5.25. The minimum atomic E-state index is -1.00. The molecule has 0 amide bonds. The largest absolute Gasteiger partial charge is 0.388 e. The van der Waals surface area contributed by atoms with Crippen LogP contribution in [0.3, 0.4) is 0 Å². The minimum Gasteiger partial charge on any atom is -0.388 e. The molecule has 2 aromatic carbocycles. The van der Waals surface area contributed by atoms with Gasteiger partial charge in [-0.25, -0.2) is 8.78 Å². The third-order valence-corrected chi connectivity index (χ3v) is 3.85. The van der Waals surface area contributed by atoms with Crippen LogP contribution < -0.4 is 0 Å². The molecule has 1 unspecified atom stereocenters. The number of benzene rings is 2. The Morgan fingerprint density at radius 2 is 1.89 bits per heavy atom. The third-order valence-electron chi connectivity index (χ3n) is 2.96. The summed E-state index contributed by atoms with van der Waals surface area (Å²) < 4.78 is 27.4. The van der Waals surface area contributed by atoms with Crippen molar-refractivity contribution >= 4 is 15.9 Å². The van der Waals surface area contributed by atoms with E-state index in [1.807, 2.05) is 0 Å². The van der Waals surface area contributed by atoms with Gasteiger partial charge in [-0.05, 0) is 46.1 Å². The Morgan fingerprint density at radius 3 is 2.58 bits per heavy atom. The number of aliphatic hydroxyl groups excluding tert-OH is 1. The van der Waals surface area contributed by atoms with Crippen LogP contribution in [0.15, 0.2) is 40.9 Å². The molecule has 0 saturated carbocycles. The molecule has 100 valence electrons. The smallest absolute Gasteiger partial charge is 0.137 e. The average molecular weight is 327 g/mol. The molecule has 0 aromatic heterocycles. The summed E-state index contributed by atoms with van der Waals surface area (Å²) in [6, 6.07) is 9.26. The highest BCUT2D eigenvalue weighted by molar-refractivity contribution is 9.10. The van der Waals surface area contributed by atoms with Crippen LogP contribution in [0.5, 0.6) is 0 Å². The number of halogens is 3. The van der Waals surface area contributed by atoms with Crippen molar-refractivity contribution in [3.8, 4) is 0 Å². The maximum atomic E-state index is 13.7. The summed E-state index contributed by atoms with van der Waals surface area (Å²) in [5, 5.41) is 10.1. The molecule has 0 heterocycles. The molecule has 4 heteroatoms. The van der Waals surface area contributed by atoms with Gasteiger partial charge < -0.3 is 5.11 Å². The van der Waals surface area contributed by atoms with Crippen LogP contribution >= 0.6 is 15.9 Å². The molecule has 1 atom stereocenters. The van der Waals surface area contributed by atoms with E-state index in [1.165, 1.54) is 12.1 Å². The van der Waals surface area contributed by atoms with Crippen LogP contribution in [0.1, 0.15) is 22.8 Å². The minimum absolute atomic E-state index is 0.151. The number of rotatable bonds is 3. The summed E-state index contributed by atoms with van der Waals surface area (Å²) in [5.41, 5.74) is 1.62. The SMILES string of the molecule is Cc1ccc(C(O)Cc2cccc(F)c2Br)c(F)c1. The fourth-order valence-electron chi connectivity index (χ4n) is 1.93. The lowest BCUT2D eigenvalue weighted by molar-refractivity contribution is 0.173. The van der Waals surface area contributed by atoms with Crippen molar-refractivity contribution < 1.29 is 13.9 Å². The molecule has 1 N–H and O–H groups in total. The first-order valence-corrected chi connectivity index (χ1v) is 6.65. The van der Waals surface area contributed by atoms with E-state index < -0.39 is 17.7 Å². The zero-order chi connectivity index (χ0) is 14.0. The van der Waals surface area contributed by atoms with Gasteiger partial charge in [-0.15, -0.1) is 0 Å². The number of hydrogen-bond acceptors (Lipinski definition) is 1. The van der Waals surface area contributed by atoms with Crippen LogP contribution in [0.4, 0.5) is 8.78 Å². The van der Waals surface area contributed by atoms with Crippen LogP contribution in [0, 0.1) is 18.6 Å². The summed E-state index contributed by atoms with van der Waals surface area (Å²) in [4.78, 5) is 0. The molecule has 2 rings (SSSR count). The molecular formula is C15H13BrF2O. The van der Waals surface area contributed by atoms with Gasteiger partial charge in [-0.3, -0.25) is 0 Å². The summed E-state index contributed by atoms with van der Waals surface area (Å²) >= 11 is 3.13. The second kappa shape index (κ2) is 5.80. The molecule has 1 nitrogen and oxygen atoms in total. The predicted octanol–water partition coefficient (Wildman–Crippen LogP) is 4.31. The van der Waals surface area contributed by atoms with Crippen molar-refractivity contribution in [2.75, 3.05) is 0 Å². The fourth-order valence-corrected chi connectivity index (χ4v) is 2.35. The Morgan fingerprint density at radius 1 is 1.16 bits per heavy atom. The Balaban J connectivity index is 2.25. The van der Waals surface area contributed by atoms with E-state index in [1.54, 1.807) is 31.2 Å². The van der Waals surface area contributed by atoms with Gasteiger partial charge in [0, 0.05) is 12.0 Å². The molecule has 0 radical (unpaired) electrons. The zero-order valence-electron chi connectivity index (χ0n) is 10.3. The molecule has 0 aliphatic rings. The molecule has 0 fully saturated rings. The molecule has 2 aromatic rings. The van der Waals surface area contributed by atoms with Crippen molar-refractivity contribution in [2.45, 2.75) is 19.4 Å². The predicted molar refractivity (Wildman–Crippen MR) is 73.9 cm³/mol. The summed E-state index contributed by atoms with van der Waals surface area (Å²) in [5.74, 6) is -0.839. The molecule has 0 bridgehead atoms. The first-order valence-electron chi connectivity index (χ1n) is 5.86. The first kappa shape index (κ1) is 14.2. The maximum absolute atomic E-state index is 13.7. The van der Waals surface area contributed by atoms with E-state index in [0.29, 0.717) is 10.0 Å². The van der Waals surface area contributed by atoms with Gasteiger partial charge in [0.05, 0.1) is 10.6 Å². The fraction of sp³-hybridized carbons (Fsp3) is 0.200. The molecule has 19 heavy (non-hydrogen) atoms. The monoisotopic (exact) mass is 326 g/mol. The van der Waals surface area contributed by atoms with Crippen molar-refractivity contribution in [1.29, 1.82) is 0 Å². The molecule has 0 aliphatic heterocycles. The highest BCUT2D eigenvalue weighted by Crippen LogP contribution is 2.27. The van der Waals surface area contributed by atoms with Gasteiger partial charge in [0.15, 0.2) is 0 Å². The van der Waals surface area contributed by atoms with Crippen molar-refractivity contribution in [3.05, 3.63) is 69.2 Å². The van der Waals surface area contributed by atoms with Gasteiger partial charge in [0.1, 0.15) is 11.6 Å². The van der Waals surface area contributed by atoms with Crippen molar-refractivity contribution in [3.63, 3.8) is 0 Å². The summed E-state index contributed by atoms with van der Waals surface area (Å²) in [7, 11) is 0. The van der Waals surface area contributed by atoms with E-state index in [-0.39, 0.29) is 12.0 Å². The third kappa shape index (κ3) is 3.19.